The standard InChI is InChI=1S/C28H22FN3O2/c1-19(33)34-28-25(16-20-9-4-2-5-10-20)31-27-24(17-21-11-8-14-23(29)15-21)30-26(18-32(27)28)22-12-6-3-7-13-22/h2-15,18H,16-17H2,1H3. The van der Waals surface area contributed by atoms with Gasteiger partial charge in [-0.05, 0) is 23.3 Å². The summed E-state index contributed by atoms with van der Waals surface area (Å²) in [5.74, 6) is -0.367. The van der Waals surface area contributed by atoms with E-state index in [9.17, 15) is 9.18 Å². The lowest BCUT2D eigenvalue weighted by atomic mass is 10.1. The Balaban J connectivity index is 1.71. The van der Waals surface area contributed by atoms with Gasteiger partial charge >= 0.3 is 5.97 Å². The third-order valence-corrected chi connectivity index (χ3v) is 5.48. The van der Waals surface area contributed by atoms with Crippen LogP contribution in [0.1, 0.15) is 29.4 Å². The summed E-state index contributed by atoms with van der Waals surface area (Å²) in [4.78, 5) is 21.7. The molecule has 3 aromatic carbocycles. The minimum absolute atomic E-state index is 0.304. The first-order chi connectivity index (χ1) is 16.6. The molecule has 0 atom stereocenters. The molecule has 0 saturated carbocycles. The largest absolute Gasteiger partial charge is 0.407 e. The number of ether oxygens (including phenoxy) is 1. The van der Waals surface area contributed by atoms with Gasteiger partial charge < -0.3 is 4.74 Å². The minimum Gasteiger partial charge on any atom is -0.407 e. The van der Waals surface area contributed by atoms with Crippen molar-refractivity contribution in [1.82, 2.24) is 14.4 Å². The van der Waals surface area contributed by atoms with Gasteiger partial charge in [0.2, 0.25) is 5.88 Å². The number of rotatable bonds is 6. The van der Waals surface area contributed by atoms with Crippen LogP contribution in [0.25, 0.3) is 16.9 Å². The number of aromatic nitrogens is 3. The molecule has 0 unspecified atom stereocenters. The lowest BCUT2D eigenvalue weighted by Crippen LogP contribution is -2.07. The summed E-state index contributed by atoms with van der Waals surface area (Å²) in [6.45, 7) is 1.37. The molecule has 34 heavy (non-hydrogen) atoms. The zero-order valence-corrected chi connectivity index (χ0v) is 18.6. The number of carbonyl (C=O) groups is 1. The van der Waals surface area contributed by atoms with E-state index in [0.29, 0.717) is 41.5 Å². The van der Waals surface area contributed by atoms with Crippen LogP contribution in [0.2, 0.25) is 0 Å². The highest BCUT2D eigenvalue weighted by molar-refractivity contribution is 5.71. The van der Waals surface area contributed by atoms with Crippen LogP contribution < -0.4 is 4.74 Å². The molecule has 0 aliphatic rings. The molecule has 168 valence electrons. The molecule has 0 fully saturated rings. The highest BCUT2D eigenvalue weighted by atomic mass is 19.1. The molecule has 0 N–H and O–H groups in total. The van der Waals surface area contributed by atoms with Gasteiger partial charge in [0.25, 0.3) is 0 Å². The zero-order chi connectivity index (χ0) is 23.5. The van der Waals surface area contributed by atoms with E-state index < -0.39 is 5.97 Å². The molecule has 0 aliphatic heterocycles. The van der Waals surface area contributed by atoms with Gasteiger partial charge in [0, 0.05) is 31.5 Å². The lowest BCUT2D eigenvalue weighted by molar-refractivity contribution is -0.132. The molecule has 0 bridgehead atoms. The molecule has 2 heterocycles. The number of fused-ring (bicyclic) bond motifs is 1. The molecule has 0 amide bonds. The molecular formula is C28H22FN3O2. The van der Waals surface area contributed by atoms with Gasteiger partial charge in [0.15, 0.2) is 5.65 Å². The minimum atomic E-state index is -0.430. The molecule has 0 aliphatic carbocycles. The van der Waals surface area contributed by atoms with Crippen LogP contribution in [-0.4, -0.2) is 20.3 Å². The maximum Gasteiger partial charge on any atom is 0.309 e. The summed E-state index contributed by atoms with van der Waals surface area (Å²) < 4.78 is 21.3. The molecule has 0 saturated heterocycles. The summed E-state index contributed by atoms with van der Waals surface area (Å²) in [5.41, 5.74) is 5.32. The molecule has 0 radical (unpaired) electrons. The molecular weight excluding hydrogens is 429 g/mol. The van der Waals surface area contributed by atoms with E-state index in [1.807, 2.05) is 72.9 Å². The first-order valence-electron chi connectivity index (χ1n) is 11.0. The van der Waals surface area contributed by atoms with E-state index in [1.165, 1.54) is 19.1 Å². The quantitative estimate of drug-likeness (QED) is 0.314. The van der Waals surface area contributed by atoms with Gasteiger partial charge in [-0.1, -0.05) is 72.8 Å². The van der Waals surface area contributed by atoms with Crippen LogP contribution >= 0.6 is 0 Å². The second kappa shape index (κ2) is 9.27. The van der Waals surface area contributed by atoms with E-state index in [2.05, 4.69) is 0 Å². The third kappa shape index (κ3) is 4.57. The van der Waals surface area contributed by atoms with Crippen molar-refractivity contribution < 1.29 is 13.9 Å². The number of imidazole rings is 1. The van der Waals surface area contributed by atoms with Crippen molar-refractivity contribution in [3.8, 4) is 17.1 Å². The SMILES string of the molecule is CC(=O)Oc1c(Cc2ccccc2)nc2c(Cc3cccc(F)c3)nc(-c3ccccc3)cn12. The highest BCUT2D eigenvalue weighted by Gasteiger charge is 2.21. The molecule has 5 nitrogen and oxygen atoms in total. The Morgan fingerprint density at radius 1 is 0.853 bits per heavy atom. The maximum absolute atomic E-state index is 13.9. The van der Waals surface area contributed by atoms with Gasteiger partial charge in [-0.3, -0.25) is 9.20 Å². The highest BCUT2D eigenvalue weighted by Crippen LogP contribution is 2.29. The van der Waals surface area contributed by atoms with Crippen molar-refractivity contribution in [2.45, 2.75) is 19.8 Å². The number of halogens is 1. The van der Waals surface area contributed by atoms with Crippen molar-refractivity contribution in [3.05, 3.63) is 119 Å². The molecule has 0 spiro atoms. The number of hydrogen-bond donors (Lipinski definition) is 0. The van der Waals surface area contributed by atoms with E-state index >= 15 is 0 Å². The fourth-order valence-electron chi connectivity index (χ4n) is 3.99. The maximum atomic E-state index is 13.9. The van der Waals surface area contributed by atoms with Gasteiger partial charge in [0.1, 0.15) is 11.5 Å². The molecule has 2 aromatic heterocycles. The number of hydrogen-bond acceptors (Lipinski definition) is 4. The van der Waals surface area contributed by atoms with Crippen LogP contribution in [0.15, 0.2) is 91.1 Å². The van der Waals surface area contributed by atoms with Crippen molar-refractivity contribution in [2.75, 3.05) is 0 Å². The van der Waals surface area contributed by atoms with Crippen molar-refractivity contribution in [3.63, 3.8) is 0 Å². The van der Waals surface area contributed by atoms with Gasteiger partial charge in [-0.2, -0.15) is 0 Å². The predicted molar refractivity (Wildman–Crippen MR) is 128 cm³/mol. The van der Waals surface area contributed by atoms with E-state index in [4.69, 9.17) is 14.7 Å². The average Bonchev–Trinajstić information content (AvgIpc) is 3.17. The molecule has 5 rings (SSSR count). The predicted octanol–water partition coefficient (Wildman–Crippen LogP) is 5.64. The number of esters is 1. The average molecular weight is 452 g/mol. The van der Waals surface area contributed by atoms with Gasteiger partial charge in [0.05, 0.1) is 11.4 Å². The van der Waals surface area contributed by atoms with Crippen LogP contribution in [0.3, 0.4) is 0 Å². The third-order valence-electron chi connectivity index (χ3n) is 5.48. The van der Waals surface area contributed by atoms with Crippen LogP contribution in [0, 0.1) is 5.82 Å². The second-order valence-corrected chi connectivity index (χ2v) is 8.06. The molecule has 6 heteroatoms. The normalized spacial score (nSPS) is 11.0. The monoisotopic (exact) mass is 451 g/mol. The summed E-state index contributed by atoms with van der Waals surface area (Å²) in [6, 6.07) is 26.1. The Labute approximate surface area is 196 Å². The fourth-order valence-corrected chi connectivity index (χ4v) is 3.99. The van der Waals surface area contributed by atoms with Crippen molar-refractivity contribution in [1.29, 1.82) is 0 Å². The fraction of sp³-hybridized carbons (Fsp3) is 0.107. The van der Waals surface area contributed by atoms with E-state index in [0.717, 1.165) is 16.7 Å². The Morgan fingerprint density at radius 2 is 1.53 bits per heavy atom. The van der Waals surface area contributed by atoms with Crippen LogP contribution in [0.5, 0.6) is 5.88 Å². The Bertz CT molecular complexity index is 1460. The smallest absolute Gasteiger partial charge is 0.309 e. The number of carbonyl (C=O) groups excluding carboxylic acids is 1. The molecule has 5 aromatic rings. The Hall–Kier alpha value is -4.32. The van der Waals surface area contributed by atoms with E-state index in [-0.39, 0.29) is 5.82 Å². The van der Waals surface area contributed by atoms with Crippen LogP contribution in [0.4, 0.5) is 4.39 Å². The summed E-state index contributed by atoms with van der Waals surface area (Å²) in [5, 5.41) is 0. The van der Waals surface area contributed by atoms with Crippen molar-refractivity contribution in [2.24, 2.45) is 0 Å². The first kappa shape index (κ1) is 21.5. The number of benzene rings is 3. The van der Waals surface area contributed by atoms with Crippen LogP contribution in [-0.2, 0) is 17.6 Å². The summed E-state index contributed by atoms with van der Waals surface area (Å²) in [7, 11) is 0. The van der Waals surface area contributed by atoms with E-state index in [1.54, 1.807) is 10.5 Å². The topological polar surface area (TPSA) is 56.5 Å². The zero-order valence-electron chi connectivity index (χ0n) is 18.6. The summed E-state index contributed by atoms with van der Waals surface area (Å²) in [6.07, 6.45) is 2.70. The lowest BCUT2D eigenvalue weighted by Gasteiger charge is -2.10. The Kier molecular flexibility index (Phi) is 5.87. The Morgan fingerprint density at radius 3 is 2.24 bits per heavy atom. The number of nitrogens with zero attached hydrogens (tertiary/aromatic N) is 3. The van der Waals surface area contributed by atoms with Gasteiger partial charge in [-0.25, -0.2) is 14.4 Å². The van der Waals surface area contributed by atoms with Gasteiger partial charge in [-0.15, -0.1) is 0 Å². The first-order valence-corrected chi connectivity index (χ1v) is 11.0. The second-order valence-electron chi connectivity index (χ2n) is 8.06. The summed E-state index contributed by atoms with van der Waals surface area (Å²) >= 11 is 0. The van der Waals surface area contributed by atoms with Crippen molar-refractivity contribution >= 4 is 11.6 Å².